The van der Waals surface area contributed by atoms with Crippen LogP contribution in [0.3, 0.4) is 0 Å². The number of hydrogen-bond donors (Lipinski definition) is 1. The Labute approximate surface area is 143 Å². The second kappa shape index (κ2) is 7.49. The van der Waals surface area contributed by atoms with E-state index in [1.165, 1.54) is 6.07 Å². The maximum Gasteiger partial charge on any atom is 0.226 e. The Hall–Kier alpha value is -2.34. The molecule has 24 heavy (non-hydrogen) atoms. The average Bonchev–Trinajstić information content (AvgIpc) is 2.54. The van der Waals surface area contributed by atoms with Gasteiger partial charge in [0.15, 0.2) is 9.84 Å². The van der Waals surface area contributed by atoms with Crippen LogP contribution in [0.5, 0.6) is 0 Å². The van der Waals surface area contributed by atoms with Gasteiger partial charge in [0.2, 0.25) is 5.91 Å². The van der Waals surface area contributed by atoms with Crippen molar-refractivity contribution >= 4 is 27.1 Å². The van der Waals surface area contributed by atoms with Crippen molar-refractivity contribution in [2.75, 3.05) is 30.1 Å². The summed E-state index contributed by atoms with van der Waals surface area (Å²) in [5.74, 6) is -0.147. The fraction of sp³-hybridized carbons (Fsp3) is 0.278. The van der Waals surface area contributed by atoms with Gasteiger partial charge in [0.1, 0.15) is 0 Å². The van der Waals surface area contributed by atoms with E-state index in [1.807, 2.05) is 49.2 Å². The lowest BCUT2D eigenvalue weighted by Crippen LogP contribution is -2.24. The zero-order valence-corrected chi connectivity index (χ0v) is 14.9. The van der Waals surface area contributed by atoms with Crippen molar-refractivity contribution < 1.29 is 13.2 Å². The molecule has 6 heteroatoms. The number of carbonyl (C=O) groups is 1. The van der Waals surface area contributed by atoms with Crippen molar-refractivity contribution in [2.24, 2.45) is 0 Å². The van der Waals surface area contributed by atoms with E-state index in [0.717, 1.165) is 17.5 Å². The van der Waals surface area contributed by atoms with Crippen LogP contribution < -0.4 is 10.2 Å². The average molecular weight is 346 g/mol. The van der Waals surface area contributed by atoms with Gasteiger partial charge in [-0.25, -0.2) is 8.42 Å². The summed E-state index contributed by atoms with van der Waals surface area (Å²) >= 11 is 0. The van der Waals surface area contributed by atoms with Crippen LogP contribution in [-0.2, 0) is 14.6 Å². The molecule has 0 aliphatic carbocycles. The first kappa shape index (κ1) is 18.0. The lowest BCUT2D eigenvalue weighted by molar-refractivity contribution is -0.116. The lowest BCUT2D eigenvalue weighted by atomic mass is 10.2. The van der Waals surface area contributed by atoms with Crippen LogP contribution in [0.1, 0.15) is 12.0 Å². The van der Waals surface area contributed by atoms with Gasteiger partial charge in [-0.3, -0.25) is 4.79 Å². The van der Waals surface area contributed by atoms with Gasteiger partial charge in [-0.1, -0.05) is 24.3 Å². The summed E-state index contributed by atoms with van der Waals surface area (Å²) in [6.07, 6.45) is 1.46. The van der Waals surface area contributed by atoms with E-state index in [0.29, 0.717) is 18.7 Å². The van der Waals surface area contributed by atoms with Gasteiger partial charge in [0.05, 0.1) is 4.90 Å². The molecule has 0 saturated heterocycles. The number of benzene rings is 2. The lowest BCUT2D eigenvalue weighted by Gasteiger charge is -2.19. The van der Waals surface area contributed by atoms with Gasteiger partial charge >= 0.3 is 0 Å². The number of anilines is 2. The van der Waals surface area contributed by atoms with Gasteiger partial charge in [-0.15, -0.1) is 0 Å². The number of sulfone groups is 1. The highest BCUT2D eigenvalue weighted by atomic mass is 32.2. The van der Waals surface area contributed by atoms with Crippen LogP contribution in [0, 0.1) is 6.92 Å². The highest BCUT2D eigenvalue weighted by Gasteiger charge is 2.12. The van der Waals surface area contributed by atoms with Crippen LogP contribution in [-0.4, -0.2) is 34.2 Å². The minimum Gasteiger partial charge on any atom is -0.374 e. The third-order valence-corrected chi connectivity index (χ3v) is 4.89. The molecule has 2 aromatic carbocycles. The molecule has 1 amide bonds. The summed E-state index contributed by atoms with van der Waals surface area (Å²) in [6, 6.07) is 14.6. The van der Waals surface area contributed by atoms with Crippen LogP contribution in [0.25, 0.3) is 0 Å². The number of amides is 1. The van der Waals surface area contributed by atoms with E-state index in [1.54, 1.807) is 12.1 Å². The Bertz CT molecular complexity index is 817. The minimum absolute atomic E-state index is 0.147. The molecule has 0 fully saturated rings. The van der Waals surface area contributed by atoms with Crippen molar-refractivity contribution in [1.82, 2.24) is 0 Å². The molecule has 0 atom stereocenters. The molecule has 0 heterocycles. The third kappa shape index (κ3) is 4.83. The van der Waals surface area contributed by atoms with Crippen molar-refractivity contribution in [3.05, 3.63) is 54.1 Å². The number of carbonyl (C=O) groups excluding carboxylic acids is 1. The van der Waals surface area contributed by atoms with Crippen molar-refractivity contribution in [3.63, 3.8) is 0 Å². The van der Waals surface area contributed by atoms with Crippen molar-refractivity contribution in [2.45, 2.75) is 18.2 Å². The normalized spacial score (nSPS) is 11.1. The fourth-order valence-corrected chi connectivity index (χ4v) is 2.91. The van der Waals surface area contributed by atoms with E-state index < -0.39 is 9.84 Å². The Balaban J connectivity index is 2.00. The van der Waals surface area contributed by atoms with Crippen molar-refractivity contribution in [3.8, 4) is 0 Å². The molecule has 2 aromatic rings. The second-order valence-corrected chi connectivity index (χ2v) is 7.82. The first-order valence-corrected chi connectivity index (χ1v) is 9.53. The van der Waals surface area contributed by atoms with Crippen LogP contribution in [0.4, 0.5) is 11.4 Å². The molecule has 0 radical (unpaired) electrons. The highest BCUT2D eigenvalue weighted by molar-refractivity contribution is 7.90. The molecule has 128 valence electrons. The topological polar surface area (TPSA) is 66.5 Å². The van der Waals surface area contributed by atoms with E-state index in [4.69, 9.17) is 0 Å². The maximum atomic E-state index is 12.2. The number of hydrogen-bond acceptors (Lipinski definition) is 4. The zero-order valence-electron chi connectivity index (χ0n) is 14.1. The van der Waals surface area contributed by atoms with E-state index in [2.05, 4.69) is 5.32 Å². The predicted octanol–water partition coefficient (Wildman–Crippen LogP) is 2.86. The highest BCUT2D eigenvalue weighted by Crippen LogP contribution is 2.20. The summed E-state index contributed by atoms with van der Waals surface area (Å²) in [7, 11) is -1.37. The molecule has 0 spiro atoms. The quantitative estimate of drug-likeness (QED) is 0.873. The standard InChI is InChI=1S/C18H22N2O3S/c1-14-9-10-16(24(3,22)23)13-17(14)19-18(21)11-12-20(2)15-7-5-4-6-8-15/h4-10,13H,11-12H2,1-3H3,(H,19,21). The number of nitrogens with zero attached hydrogens (tertiary/aromatic N) is 1. The minimum atomic E-state index is -3.30. The molecule has 0 saturated carbocycles. The summed E-state index contributed by atoms with van der Waals surface area (Å²) < 4.78 is 23.3. The second-order valence-electron chi connectivity index (χ2n) is 5.80. The molecule has 0 aliphatic heterocycles. The van der Waals surface area contributed by atoms with E-state index in [9.17, 15) is 13.2 Å². The van der Waals surface area contributed by atoms with Gasteiger partial charge in [-0.05, 0) is 36.8 Å². The number of nitrogens with one attached hydrogen (secondary N) is 1. The largest absolute Gasteiger partial charge is 0.374 e. The molecule has 0 bridgehead atoms. The Morgan fingerprint density at radius 3 is 2.42 bits per heavy atom. The van der Waals surface area contributed by atoms with Crippen LogP contribution in [0.2, 0.25) is 0 Å². The molecule has 0 aliphatic rings. The molecule has 0 unspecified atom stereocenters. The Morgan fingerprint density at radius 1 is 1.12 bits per heavy atom. The first-order valence-electron chi connectivity index (χ1n) is 7.64. The predicted molar refractivity (Wildman–Crippen MR) is 97.2 cm³/mol. The van der Waals surface area contributed by atoms with Gasteiger partial charge in [0, 0.05) is 37.6 Å². The van der Waals surface area contributed by atoms with Crippen LogP contribution in [0.15, 0.2) is 53.4 Å². The van der Waals surface area contributed by atoms with Crippen molar-refractivity contribution in [1.29, 1.82) is 0 Å². The van der Waals surface area contributed by atoms with Gasteiger partial charge in [0.25, 0.3) is 0 Å². The summed E-state index contributed by atoms with van der Waals surface area (Å²) in [6.45, 7) is 2.40. The summed E-state index contributed by atoms with van der Waals surface area (Å²) in [4.78, 5) is 14.4. The van der Waals surface area contributed by atoms with Gasteiger partial charge < -0.3 is 10.2 Å². The number of rotatable bonds is 6. The molecular weight excluding hydrogens is 324 g/mol. The molecule has 2 rings (SSSR count). The van der Waals surface area contributed by atoms with Crippen LogP contribution >= 0.6 is 0 Å². The maximum absolute atomic E-state index is 12.2. The number of aryl methyl sites for hydroxylation is 1. The SMILES string of the molecule is Cc1ccc(S(C)(=O)=O)cc1NC(=O)CCN(C)c1ccccc1. The summed E-state index contributed by atoms with van der Waals surface area (Å²) in [5.41, 5.74) is 2.40. The molecular formula is C18H22N2O3S. The van der Waals surface area contributed by atoms with E-state index in [-0.39, 0.29) is 10.8 Å². The smallest absolute Gasteiger partial charge is 0.226 e. The first-order chi connectivity index (χ1) is 11.3. The van der Waals surface area contributed by atoms with Gasteiger partial charge in [-0.2, -0.15) is 0 Å². The zero-order chi connectivity index (χ0) is 17.7. The summed E-state index contributed by atoms with van der Waals surface area (Å²) in [5, 5.41) is 2.80. The Kier molecular flexibility index (Phi) is 5.62. The molecule has 1 N–H and O–H groups in total. The fourth-order valence-electron chi connectivity index (χ4n) is 2.26. The number of para-hydroxylation sites is 1. The monoisotopic (exact) mass is 346 g/mol. The molecule has 5 nitrogen and oxygen atoms in total. The molecule has 0 aromatic heterocycles. The van der Waals surface area contributed by atoms with E-state index >= 15 is 0 Å². The Morgan fingerprint density at radius 2 is 1.79 bits per heavy atom. The third-order valence-electron chi connectivity index (χ3n) is 3.78.